The number of aryl methyl sites for hydroxylation is 1. The van der Waals surface area contributed by atoms with Gasteiger partial charge in [0.05, 0.1) is 5.69 Å². The molecule has 0 bridgehead atoms. The van der Waals surface area contributed by atoms with Gasteiger partial charge in [0.2, 0.25) is 0 Å². The van der Waals surface area contributed by atoms with Crippen LogP contribution in [0.25, 0.3) is 0 Å². The number of hydrogen-bond donors (Lipinski definition) is 1. The van der Waals surface area contributed by atoms with Gasteiger partial charge in [-0.05, 0) is 18.9 Å². The highest BCUT2D eigenvalue weighted by Gasteiger charge is 2.23. The van der Waals surface area contributed by atoms with Gasteiger partial charge in [-0.3, -0.25) is 0 Å². The van der Waals surface area contributed by atoms with E-state index in [1.165, 1.54) is 0 Å². The van der Waals surface area contributed by atoms with E-state index < -0.39 is 0 Å². The molecule has 0 atom stereocenters. The molecule has 1 rings (SSSR count). The molecule has 1 heterocycles. The minimum Gasteiger partial charge on any atom is -0.384 e. The van der Waals surface area contributed by atoms with Gasteiger partial charge in [-0.1, -0.05) is 20.8 Å². The van der Waals surface area contributed by atoms with E-state index in [1.807, 2.05) is 11.8 Å². The Labute approximate surface area is 103 Å². The molecule has 0 aliphatic heterocycles. The molecule has 3 nitrogen and oxygen atoms in total. The molecular weight excluding hydrogens is 218 g/mol. The summed E-state index contributed by atoms with van der Waals surface area (Å²) in [6.07, 6.45) is 3.07. The molecule has 2 N–H and O–H groups in total. The second-order valence-corrected chi connectivity index (χ2v) is 5.99. The van der Waals surface area contributed by atoms with Gasteiger partial charge in [-0.2, -0.15) is 11.8 Å². The number of aromatic nitrogens is 2. The second kappa shape index (κ2) is 5.13. The van der Waals surface area contributed by atoms with E-state index in [0.717, 1.165) is 36.1 Å². The van der Waals surface area contributed by atoms with Gasteiger partial charge in [-0.15, -0.1) is 0 Å². The molecule has 0 amide bonds. The number of rotatable bonds is 4. The zero-order valence-electron chi connectivity index (χ0n) is 11.0. The van der Waals surface area contributed by atoms with Crippen LogP contribution in [0.5, 0.6) is 0 Å². The third-order valence-electron chi connectivity index (χ3n) is 2.61. The predicted octanol–water partition coefficient (Wildman–Crippen LogP) is 2.69. The molecule has 16 heavy (non-hydrogen) atoms. The number of anilines is 1. The van der Waals surface area contributed by atoms with Gasteiger partial charge in [0, 0.05) is 18.4 Å². The van der Waals surface area contributed by atoms with Gasteiger partial charge in [0.15, 0.2) is 0 Å². The van der Waals surface area contributed by atoms with Crippen LogP contribution >= 0.6 is 11.8 Å². The van der Waals surface area contributed by atoms with Crippen molar-refractivity contribution in [3.05, 3.63) is 11.5 Å². The fourth-order valence-corrected chi connectivity index (χ4v) is 2.19. The molecule has 0 saturated heterocycles. The molecule has 0 fully saturated rings. The highest BCUT2D eigenvalue weighted by atomic mass is 32.2. The van der Waals surface area contributed by atoms with Gasteiger partial charge in [0.1, 0.15) is 11.6 Å². The summed E-state index contributed by atoms with van der Waals surface area (Å²) in [6, 6.07) is 0. The lowest BCUT2D eigenvalue weighted by Gasteiger charge is -2.19. The number of hydrogen-bond acceptors (Lipinski definition) is 3. The first kappa shape index (κ1) is 13.4. The van der Waals surface area contributed by atoms with Crippen molar-refractivity contribution in [1.82, 2.24) is 9.55 Å². The van der Waals surface area contributed by atoms with E-state index in [4.69, 9.17) is 10.7 Å². The normalized spacial score (nSPS) is 12.1. The zero-order valence-corrected chi connectivity index (χ0v) is 11.8. The van der Waals surface area contributed by atoms with Crippen LogP contribution in [-0.4, -0.2) is 21.6 Å². The Balaban J connectivity index is 3.10. The van der Waals surface area contributed by atoms with Crippen LogP contribution in [0.2, 0.25) is 0 Å². The summed E-state index contributed by atoms with van der Waals surface area (Å²) >= 11 is 1.83. The first-order valence-electron chi connectivity index (χ1n) is 5.76. The third kappa shape index (κ3) is 2.73. The molecule has 0 aliphatic rings. The SMILES string of the molecule is CCn1c(C(C)(C)C)nc(CCSC)c1N. The quantitative estimate of drug-likeness (QED) is 0.881. The van der Waals surface area contributed by atoms with Crippen LogP contribution in [0.4, 0.5) is 5.82 Å². The van der Waals surface area contributed by atoms with Crippen LogP contribution in [0.3, 0.4) is 0 Å². The Bertz CT molecular complexity index is 350. The van der Waals surface area contributed by atoms with Gasteiger partial charge in [0.25, 0.3) is 0 Å². The molecule has 0 aliphatic carbocycles. The van der Waals surface area contributed by atoms with Crippen LogP contribution in [0.1, 0.15) is 39.2 Å². The van der Waals surface area contributed by atoms with Crippen molar-refractivity contribution in [3.63, 3.8) is 0 Å². The lowest BCUT2D eigenvalue weighted by atomic mass is 9.96. The van der Waals surface area contributed by atoms with E-state index in [1.54, 1.807) is 0 Å². The molecule has 92 valence electrons. The highest BCUT2D eigenvalue weighted by Crippen LogP contribution is 2.26. The van der Waals surface area contributed by atoms with Crippen molar-refractivity contribution < 1.29 is 0 Å². The van der Waals surface area contributed by atoms with Gasteiger partial charge < -0.3 is 10.3 Å². The molecule has 0 saturated carbocycles. The molecule has 0 radical (unpaired) electrons. The largest absolute Gasteiger partial charge is 0.384 e. The molecule has 0 unspecified atom stereocenters. The number of thioether (sulfide) groups is 1. The van der Waals surface area contributed by atoms with Gasteiger partial charge >= 0.3 is 0 Å². The predicted molar refractivity (Wildman–Crippen MR) is 73.1 cm³/mol. The molecule has 1 aromatic rings. The smallest absolute Gasteiger partial charge is 0.126 e. The van der Waals surface area contributed by atoms with Crippen molar-refractivity contribution in [2.45, 2.75) is 46.1 Å². The summed E-state index contributed by atoms with van der Waals surface area (Å²) in [6.45, 7) is 9.55. The first-order valence-corrected chi connectivity index (χ1v) is 7.15. The van der Waals surface area contributed by atoms with E-state index in [2.05, 4.69) is 38.5 Å². The van der Waals surface area contributed by atoms with Crippen molar-refractivity contribution >= 4 is 17.6 Å². The molecular formula is C12H23N3S. The van der Waals surface area contributed by atoms with E-state index in [-0.39, 0.29) is 5.41 Å². The van der Waals surface area contributed by atoms with Crippen LogP contribution in [0.15, 0.2) is 0 Å². The average Bonchev–Trinajstić information content (AvgIpc) is 2.51. The Morgan fingerprint density at radius 1 is 1.38 bits per heavy atom. The van der Waals surface area contributed by atoms with Crippen LogP contribution in [-0.2, 0) is 18.4 Å². The maximum atomic E-state index is 6.14. The topological polar surface area (TPSA) is 43.8 Å². The maximum absolute atomic E-state index is 6.14. The van der Waals surface area contributed by atoms with Crippen LogP contribution < -0.4 is 5.73 Å². The Hall–Kier alpha value is -0.640. The van der Waals surface area contributed by atoms with Crippen LogP contribution in [0, 0.1) is 0 Å². The fourth-order valence-electron chi connectivity index (χ4n) is 1.79. The Kier molecular flexibility index (Phi) is 4.30. The van der Waals surface area contributed by atoms with Crippen molar-refractivity contribution in [2.75, 3.05) is 17.7 Å². The van der Waals surface area contributed by atoms with Crippen molar-refractivity contribution in [1.29, 1.82) is 0 Å². The third-order valence-corrected chi connectivity index (χ3v) is 3.23. The van der Waals surface area contributed by atoms with Crippen molar-refractivity contribution in [3.8, 4) is 0 Å². The lowest BCUT2D eigenvalue weighted by Crippen LogP contribution is -2.19. The summed E-state index contributed by atoms with van der Waals surface area (Å²) < 4.78 is 2.13. The molecule has 1 aromatic heterocycles. The number of imidazole rings is 1. The minimum absolute atomic E-state index is 0.0573. The van der Waals surface area contributed by atoms with Gasteiger partial charge in [-0.25, -0.2) is 4.98 Å². The summed E-state index contributed by atoms with van der Waals surface area (Å²) in [5, 5.41) is 0. The standard InChI is InChI=1S/C12H23N3S/c1-6-15-10(13)9(7-8-16-5)14-11(15)12(2,3)4/h6-8,13H2,1-5H3. The number of nitrogens with two attached hydrogens (primary N) is 1. The van der Waals surface area contributed by atoms with E-state index in [9.17, 15) is 0 Å². The first-order chi connectivity index (χ1) is 7.41. The summed E-state index contributed by atoms with van der Waals surface area (Å²) in [7, 11) is 0. The average molecular weight is 241 g/mol. The fraction of sp³-hybridized carbons (Fsp3) is 0.750. The molecule has 4 heteroatoms. The summed E-state index contributed by atoms with van der Waals surface area (Å²) in [5.74, 6) is 3.03. The monoisotopic (exact) mass is 241 g/mol. The number of nitrogen functional groups attached to an aromatic ring is 1. The Morgan fingerprint density at radius 2 is 2.00 bits per heavy atom. The molecule has 0 aromatic carbocycles. The van der Waals surface area contributed by atoms with E-state index >= 15 is 0 Å². The summed E-state index contributed by atoms with van der Waals surface area (Å²) in [4.78, 5) is 4.71. The summed E-state index contributed by atoms with van der Waals surface area (Å²) in [5.41, 5.74) is 7.26. The molecule has 0 spiro atoms. The van der Waals surface area contributed by atoms with E-state index in [0.29, 0.717) is 0 Å². The Morgan fingerprint density at radius 3 is 2.38 bits per heavy atom. The van der Waals surface area contributed by atoms with Crippen molar-refractivity contribution in [2.24, 2.45) is 0 Å². The minimum atomic E-state index is 0.0573. The second-order valence-electron chi connectivity index (χ2n) is 5.00. The zero-order chi connectivity index (χ0) is 12.3. The lowest BCUT2D eigenvalue weighted by molar-refractivity contribution is 0.508. The number of nitrogens with zero attached hydrogens (tertiary/aromatic N) is 2. The highest BCUT2D eigenvalue weighted by molar-refractivity contribution is 7.98. The maximum Gasteiger partial charge on any atom is 0.126 e.